The lowest BCUT2D eigenvalue weighted by Crippen LogP contribution is -2.25. The van der Waals surface area contributed by atoms with Crippen molar-refractivity contribution in [1.82, 2.24) is 0 Å². The number of rotatable bonds is 4. The maximum atomic E-state index is 5.54. The summed E-state index contributed by atoms with van der Waals surface area (Å²) < 4.78 is 5.54. The van der Waals surface area contributed by atoms with Gasteiger partial charge in [0.2, 0.25) is 5.90 Å². The average Bonchev–Trinajstić information content (AvgIpc) is 2.60. The summed E-state index contributed by atoms with van der Waals surface area (Å²) in [4.78, 5) is 4.56. The third kappa shape index (κ3) is 4.06. The highest BCUT2D eigenvalue weighted by Crippen LogP contribution is 2.26. The number of ether oxygens (including phenoxy) is 1. The van der Waals surface area contributed by atoms with Gasteiger partial charge in [-0.3, -0.25) is 0 Å². The molecule has 86 valence electrons. The molecule has 0 aromatic heterocycles. The van der Waals surface area contributed by atoms with E-state index < -0.39 is 0 Å². The van der Waals surface area contributed by atoms with Crippen LogP contribution < -0.4 is 0 Å². The molecular weight excluding hydrogens is 186 g/mol. The lowest BCUT2D eigenvalue weighted by Gasteiger charge is -2.21. The number of hydrogen-bond acceptors (Lipinski definition) is 2. The Balaban J connectivity index is 2.42. The maximum Gasteiger partial charge on any atom is 0.208 e. The van der Waals surface area contributed by atoms with Gasteiger partial charge in [-0.05, 0) is 17.9 Å². The fourth-order valence-electron chi connectivity index (χ4n) is 1.43. The Morgan fingerprint density at radius 1 is 1.47 bits per heavy atom. The number of hydrogen-bond donors (Lipinski definition) is 0. The molecule has 0 fully saturated rings. The Hall–Kier alpha value is -0.790. The van der Waals surface area contributed by atoms with Crippen molar-refractivity contribution in [1.29, 1.82) is 0 Å². The van der Waals surface area contributed by atoms with Crippen molar-refractivity contribution in [3.8, 4) is 0 Å². The number of allylic oxidation sites excluding steroid dienone is 1. The average molecular weight is 209 g/mol. The second-order valence-corrected chi connectivity index (χ2v) is 5.20. The standard InChI is InChI=1S/C13H23NO/c1-5-6-7-8-9-12-14-11(10-15-12)13(2,3)4/h8-9,11H,5-7,10H2,1-4H3/b9-8+/t11-/m1/s1. The summed E-state index contributed by atoms with van der Waals surface area (Å²) >= 11 is 0. The molecule has 0 unspecified atom stereocenters. The van der Waals surface area contributed by atoms with Crippen molar-refractivity contribution >= 4 is 5.90 Å². The first-order chi connectivity index (χ1) is 7.04. The summed E-state index contributed by atoms with van der Waals surface area (Å²) in [6, 6.07) is 0.309. The molecule has 2 heteroatoms. The molecule has 0 N–H and O–H groups in total. The van der Waals surface area contributed by atoms with Gasteiger partial charge >= 0.3 is 0 Å². The molecule has 1 aliphatic heterocycles. The summed E-state index contributed by atoms with van der Waals surface area (Å²) in [5.74, 6) is 0.811. The van der Waals surface area contributed by atoms with Crippen LogP contribution in [-0.2, 0) is 4.74 Å². The summed E-state index contributed by atoms with van der Waals surface area (Å²) in [7, 11) is 0. The molecule has 0 bridgehead atoms. The fourth-order valence-corrected chi connectivity index (χ4v) is 1.43. The third-order valence-corrected chi connectivity index (χ3v) is 2.66. The maximum absolute atomic E-state index is 5.54. The monoisotopic (exact) mass is 209 g/mol. The van der Waals surface area contributed by atoms with Crippen LogP contribution in [0.3, 0.4) is 0 Å². The van der Waals surface area contributed by atoms with Crippen LogP contribution in [0.1, 0.15) is 47.0 Å². The van der Waals surface area contributed by atoms with Crippen molar-refractivity contribution in [3.63, 3.8) is 0 Å². The Kier molecular flexibility index (Phi) is 4.37. The molecule has 0 spiro atoms. The van der Waals surface area contributed by atoms with E-state index in [9.17, 15) is 0 Å². The molecule has 0 amide bonds. The summed E-state index contributed by atoms with van der Waals surface area (Å²) in [5.41, 5.74) is 0.207. The molecule has 0 saturated heterocycles. The molecule has 1 heterocycles. The number of aliphatic imine (C=N–C) groups is 1. The van der Waals surface area contributed by atoms with Crippen LogP contribution >= 0.6 is 0 Å². The first-order valence-electron chi connectivity index (χ1n) is 5.91. The predicted octanol–water partition coefficient (Wildman–Crippen LogP) is 3.58. The highest BCUT2D eigenvalue weighted by atomic mass is 16.5. The molecule has 0 aromatic carbocycles. The zero-order chi connectivity index (χ0) is 11.3. The van der Waals surface area contributed by atoms with Crippen molar-refractivity contribution in [2.45, 2.75) is 53.0 Å². The zero-order valence-corrected chi connectivity index (χ0v) is 10.4. The molecular formula is C13H23NO. The van der Waals surface area contributed by atoms with E-state index in [-0.39, 0.29) is 5.41 Å². The van der Waals surface area contributed by atoms with Crippen LogP contribution in [0.2, 0.25) is 0 Å². The highest BCUT2D eigenvalue weighted by Gasteiger charge is 2.29. The molecule has 2 nitrogen and oxygen atoms in total. The first-order valence-corrected chi connectivity index (χ1v) is 5.91. The molecule has 0 aliphatic carbocycles. The lowest BCUT2D eigenvalue weighted by atomic mass is 9.88. The summed E-state index contributed by atoms with van der Waals surface area (Å²) in [6.45, 7) is 9.54. The third-order valence-electron chi connectivity index (χ3n) is 2.66. The van der Waals surface area contributed by atoms with Crippen LogP contribution in [0.15, 0.2) is 17.1 Å². The van der Waals surface area contributed by atoms with Gasteiger partial charge in [-0.25, -0.2) is 4.99 Å². The highest BCUT2D eigenvalue weighted by molar-refractivity contribution is 5.88. The van der Waals surface area contributed by atoms with E-state index in [0.29, 0.717) is 6.04 Å². The molecule has 15 heavy (non-hydrogen) atoms. The van der Waals surface area contributed by atoms with E-state index in [1.807, 2.05) is 6.08 Å². The minimum Gasteiger partial charge on any atom is -0.476 e. The lowest BCUT2D eigenvalue weighted by molar-refractivity contribution is 0.236. The van der Waals surface area contributed by atoms with Gasteiger partial charge in [0.1, 0.15) is 6.61 Å². The molecule has 1 atom stereocenters. The molecule has 0 radical (unpaired) electrons. The predicted molar refractivity (Wildman–Crippen MR) is 65.3 cm³/mol. The van der Waals surface area contributed by atoms with E-state index in [1.54, 1.807) is 0 Å². The van der Waals surface area contributed by atoms with Gasteiger partial charge in [0.15, 0.2) is 0 Å². The first kappa shape index (κ1) is 12.3. The topological polar surface area (TPSA) is 21.6 Å². The Morgan fingerprint density at radius 3 is 2.73 bits per heavy atom. The van der Waals surface area contributed by atoms with Crippen LogP contribution in [0.4, 0.5) is 0 Å². The van der Waals surface area contributed by atoms with Gasteiger partial charge in [0.25, 0.3) is 0 Å². The van der Waals surface area contributed by atoms with Gasteiger partial charge in [-0.1, -0.05) is 46.6 Å². The van der Waals surface area contributed by atoms with Gasteiger partial charge < -0.3 is 4.74 Å². The van der Waals surface area contributed by atoms with E-state index in [1.165, 1.54) is 12.8 Å². The second kappa shape index (κ2) is 5.34. The number of unbranched alkanes of at least 4 members (excludes halogenated alkanes) is 2. The van der Waals surface area contributed by atoms with E-state index in [4.69, 9.17) is 4.74 Å². The molecule has 0 saturated carbocycles. The normalized spacial score (nSPS) is 21.9. The van der Waals surface area contributed by atoms with Gasteiger partial charge in [-0.15, -0.1) is 0 Å². The second-order valence-electron chi connectivity index (χ2n) is 5.20. The minimum atomic E-state index is 0.207. The minimum absolute atomic E-state index is 0.207. The number of nitrogens with zero attached hydrogens (tertiary/aromatic N) is 1. The molecule has 1 rings (SSSR count). The van der Waals surface area contributed by atoms with Crippen molar-refractivity contribution in [2.24, 2.45) is 10.4 Å². The summed E-state index contributed by atoms with van der Waals surface area (Å²) in [6.07, 6.45) is 7.78. The quantitative estimate of drug-likeness (QED) is 0.648. The van der Waals surface area contributed by atoms with Crippen molar-refractivity contribution < 1.29 is 4.74 Å². The van der Waals surface area contributed by atoms with Crippen molar-refractivity contribution in [2.75, 3.05) is 6.61 Å². The fraction of sp³-hybridized carbons (Fsp3) is 0.769. The van der Waals surface area contributed by atoms with E-state index >= 15 is 0 Å². The van der Waals surface area contributed by atoms with E-state index in [2.05, 4.69) is 38.8 Å². The van der Waals surface area contributed by atoms with Crippen LogP contribution in [0.5, 0.6) is 0 Å². The molecule has 1 aliphatic rings. The molecule has 0 aromatic rings. The van der Waals surface area contributed by atoms with Gasteiger partial charge in [-0.2, -0.15) is 0 Å². The largest absolute Gasteiger partial charge is 0.476 e. The van der Waals surface area contributed by atoms with Crippen LogP contribution in [0, 0.1) is 5.41 Å². The van der Waals surface area contributed by atoms with Crippen LogP contribution in [-0.4, -0.2) is 18.5 Å². The SMILES string of the molecule is CCCC/C=C/C1=N[C@@H](C(C)(C)C)CO1. The Labute approximate surface area is 93.4 Å². The zero-order valence-electron chi connectivity index (χ0n) is 10.4. The van der Waals surface area contributed by atoms with Gasteiger partial charge in [0, 0.05) is 0 Å². The van der Waals surface area contributed by atoms with E-state index in [0.717, 1.165) is 18.9 Å². The summed E-state index contributed by atoms with van der Waals surface area (Å²) in [5, 5.41) is 0. The van der Waals surface area contributed by atoms with Gasteiger partial charge in [0.05, 0.1) is 6.04 Å². The Bertz CT molecular complexity index is 248. The van der Waals surface area contributed by atoms with Crippen molar-refractivity contribution in [3.05, 3.63) is 12.2 Å². The van der Waals surface area contributed by atoms with Crippen LogP contribution in [0.25, 0.3) is 0 Å². The smallest absolute Gasteiger partial charge is 0.208 e. The Morgan fingerprint density at radius 2 is 2.20 bits per heavy atom.